The second kappa shape index (κ2) is 8.24. The molecule has 130 valence electrons. The molecule has 0 saturated carbocycles. The van der Waals surface area contributed by atoms with Crippen LogP contribution in [0.3, 0.4) is 0 Å². The molecule has 1 amide bonds. The van der Waals surface area contributed by atoms with Crippen molar-refractivity contribution in [2.45, 2.75) is 20.3 Å². The highest BCUT2D eigenvalue weighted by Crippen LogP contribution is 2.16. The number of Topliss-reactive ketones (excluding diaryl/α,β-unsaturated/α-hetero) is 1. The maximum Gasteiger partial charge on any atom is 0.325 e. The van der Waals surface area contributed by atoms with Gasteiger partial charge in [0.2, 0.25) is 0 Å². The van der Waals surface area contributed by atoms with Gasteiger partial charge in [-0.05, 0) is 31.0 Å². The van der Waals surface area contributed by atoms with Gasteiger partial charge in [-0.2, -0.15) is 0 Å². The number of amides is 1. The molecule has 0 fully saturated rings. The van der Waals surface area contributed by atoms with E-state index in [1.165, 1.54) is 7.11 Å². The lowest BCUT2D eigenvalue weighted by Gasteiger charge is -2.10. The summed E-state index contributed by atoms with van der Waals surface area (Å²) in [5, 5.41) is 2.50. The Morgan fingerprint density at radius 3 is 2.40 bits per heavy atom. The fraction of sp³-hybridized carbons (Fsp3) is 0.250. The Morgan fingerprint density at radius 1 is 1.00 bits per heavy atom. The zero-order valence-corrected chi connectivity index (χ0v) is 14.6. The molecule has 0 atom stereocenters. The Kier molecular flexibility index (Phi) is 6.06. The summed E-state index contributed by atoms with van der Waals surface area (Å²) in [6.45, 7) is 3.66. The van der Waals surface area contributed by atoms with Crippen LogP contribution in [-0.2, 0) is 16.0 Å². The number of hydrogen-bond donors (Lipinski definition) is 1. The van der Waals surface area contributed by atoms with Crippen LogP contribution < -0.4 is 5.32 Å². The second-order valence-corrected chi connectivity index (χ2v) is 5.83. The number of aryl methyl sites for hydroxylation is 2. The number of nitrogens with one attached hydrogen (secondary N) is 1. The van der Waals surface area contributed by atoms with Gasteiger partial charge < -0.3 is 10.1 Å². The topological polar surface area (TPSA) is 72.5 Å². The monoisotopic (exact) mass is 339 g/mol. The summed E-state index contributed by atoms with van der Waals surface area (Å²) >= 11 is 0. The first kappa shape index (κ1) is 18.4. The molecule has 25 heavy (non-hydrogen) atoms. The SMILES string of the molecule is COC(=O)CNC(=O)c1ccccc1CC(=O)c1ccc(C)cc1C. The van der Waals surface area contributed by atoms with Crippen LogP contribution in [0.15, 0.2) is 42.5 Å². The fourth-order valence-electron chi connectivity index (χ4n) is 2.61. The van der Waals surface area contributed by atoms with Gasteiger partial charge in [0, 0.05) is 17.5 Å². The Bertz CT molecular complexity index is 811. The highest BCUT2D eigenvalue weighted by molar-refractivity contribution is 6.02. The number of carbonyl (C=O) groups is 3. The van der Waals surface area contributed by atoms with Crippen molar-refractivity contribution in [3.05, 3.63) is 70.3 Å². The van der Waals surface area contributed by atoms with Crippen molar-refractivity contribution >= 4 is 17.7 Å². The normalized spacial score (nSPS) is 10.2. The standard InChI is InChI=1S/C20H21NO4/c1-13-8-9-16(14(2)10-13)18(22)11-15-6-4-5-7-17(15)20(24)21-12-19(23)25-3/h4-10H,11-12H2,1-3H3,(H,21,24). The van der Waals surface area contributed by atoms with E-state index in [-0.39, 0.29) is 18.7 Å². The van der Waals surface area contributed by atoms with E-state index in [1.54, 1.807) is 24.3 Å². The van der Waals surface area contributed by atoms with Gasteiger partial charge in [0.15, 0.2) is 5.78 Å². The van der Waals surface area contributed by atoms with Crippen LogP contribution in [0.4, 0.5) is 0 Å². The predicted octanol–water partition coefficient (Wildman–Crippen LogP) is 2.63. The van der Waals surface area contributed by atoms with Crippen molar-refractivity contribution in [1.82, 2.24) is 5.32 Å². The van der Waals surface area contributed by atoms with E-state index in [0.717, 1.165) is 11.1 Å². The van der Waals surface area contributed by atoms with Crippen molar-refractivity contribution in [2.75, 3.05) is 13.7 Å². The third kappa shape index (κ3) is 4.76. The average Bonchev–Trinajstić information content (AvgIpc) is 2.59. The summed E-state index contributed by atoms with van der Waals surface area (Å²) < 4.78 is 4.50. The van der Waals surface area contributed by atoms with Crippen LogP contribution in [0.25, 0.3) is 0 Å². The highest BCUT2D eigenvalue weighted by atomic mass is 16.5. The number of carbonyl (C=O) groups excluding carboxylic acids is 3. The van der Waals surface area contributed by atoms with Gasteiger partial charge in [0.05, 0.1) is 7.11 Å². The first-order valence-corrected chi connectivity index (χ1v) is 7.95. The molecule has 5 heteroatoms. The van der Waals surface area contributed by atoms with Crippen LogP contribution in [0.2, 0.25) is 0 Å². The van der Waals surface area contributed by atoms with Crippen molar-refractivity contribution in [1.29, 1.82) is 0 Å². The van der Waals surface area contributed by atoms with Crippen molar-refractivity contribution in [2.24, 2.45) is 0 Å². The maximum absolute atomic E-state index is 12.6. The van der Waals surface area contributed by atoms with E-state index in [9.17, 15) is 14.4 Å². The molecule has 0 spiro atoms. The zero-order chi connectivity index (χ0) is 18.4. The molecule has 2 aromatic carbocycles. The van der Waals surface area contributed by atoms with E-state index < -0.39 is 11.9 Å². The number of ether oxygens (including phenoxy) is 1. The van der Waals surface area contributed by atoms with Gasteiger partial charge in [0.25, 0.3) is 5.91 Å². The summed E-state index contributed by atoms with van der Waals surface area (Å²) in [7, 11) is 1.25. The van der Waals surface area contributed by atoms with Crippen LogP contribution in [0, 0.1) is 13.8 Å². The highest BCUT2D eigenvalue weighted by Gasteiger charge is 2.16. The quantitative estimate of drug-likeness (QED) is 0.649. The summed E-state index contributed by atoms with van der Waals surface area (Å²) in [4.78, 5) is 36.1. The molecular weight excluding hydrogens is 318 g/mol. The van der Waals surface area contributed by atoms with Gasteiger partial charge >= 0.3 is 5.97 Å². The Balaban J connectivity index is 2.18. The first-order chi connectivity index (χ1) is 11.9. The largest absolute Gasteiger partial charge is 0.468 e. The number of rotatable bonds is 6. The van der Waals surface area contributed by atoms with Gasteiger partial charge in [-0.15, -0.1) is 0 Å². The lowest BCUT2D eigenvalue weighted by Crippen LogP contribution is -2.31. The Hall–Kier alpha value is -2.95. The van der Waals surface area contributed by atoms with E-state index >= 15 is 0 Å². The molecule has 0 aliphatic carbocycles. The smallest absolute Gasteiger partial charge is 0.325 e. The summed E-state index contributed by atoms with van der Waals surface area (Å²) in [5.41, 5.74) is 3.66. The van der Waals surface area contributed by atoms with Crippen LogP contribution in [-0.4, -0.2) is 31.3 Å². The minimum atomic E-state index is -0.530. The minimum Gasteiger partial charge on any atom is -0.468 e. The van der Waals surface area contributed by atoms with Gasteiger partial charge in [-0.3, -0.25) is 14.4 Å². The summed E-state index contributed by atoms with van der Waals surface area (Å²) in [5.74, 6) is -0.989. The number of hydrogen-bond acceptors (Lipinski definition) is 4. The molecule has 0 unspecified atom stereocenters. The fourth-order valence-corrected chi connectivity index (χ4v) is 2.61. The molecule has 2 aromatic rings. The lowest BCUT2D eigenvalue weighted by atomic mass is 9.95. The Labute approximate surface area is 147 Å². The summed E-state index contributed by atoms with van der Waals surface area (Å²) in [6, 6.07) is 12.6. The third-order valence-corrected chi connectivity index (χ3v) is 3.92. The van der Waals surface area contributed by atoms with Gasteiger partial charge in [-0.1, -0.05) is 42.0 Å². The van der Waals surface area contributed by atoms with Crippen LogP contribution in [0.1, 0.15) is 37.4 Å². The third-order valence-electron chi connectivity index (χ3n) is 3.92. The molecule has 1 N–H and O–H groups in total. The zero-order valence-electron chi connectivity index (χ0n) is 14.6. The van der Waals surface area contributed by atoms with E-state index in [2.05, 4.69) is 10.1 Å². The van der Waals surface area contributed by atoms with Crippen molar-refractivity contribution in [3.8, 4) is 0 Å². The molecule has 0 bridgehead atoms. The maximum atomic E-state index is 12.6. The Morgan fingerprint density at radius 2 is 1.72 bits per heavy atom. The molecule has 0 saturated heterocycles. The lowest BCUT2D eigenvalue weighted by molar-refractivity contribution is -0.139. The van der Waals surface area contributed by atoms with Crippen LogP contribution in [0.5, 0.6) is 0 Å². The number of ketones is 1. The van der Waals surface area contributed by atoms with Gasteiger partial charge in [-0.25, -0.2) is 0 Å². The number of methoxy groups -OCH3 is 1. The van der Waals surface area contributed by atoms with E-state index in [0.29, 0.717) is 16.7 Å². The van der Waals surface area contributed by atoms with E-state index in [1.807, 2.05) is 32.0 Å². The molecule has 0 aromatic heterocycles. The molecule has 0 aliphatic rings. The molecule has 2 rings (SSSR count). The molecular formula is C20H21NO4. The van der Waals surface area contributed by atoms with E-state index in [4.69, 9.17) is 0 Å². The van der Waals surface area contributed by atoms with Crippen molar-refractivity contribution in [3.63, 3.8) is 0 Å². The molecule has 0 radical (unpaired) electrons. The number of benzene rings is 2. The first-order valence-electron chi connectivity index (χ1n) is 7.95. The minimum absolute atomic E-state index is 0.0503. The molecule has 0 heterocycles. The second-order valence-electron chi connectivity index (χ2n) is 5.83. The van der Waals surface area contributed by atoms with Crippen molar-refractivity contribution < 1.29 is 19.1 Å². The van der Waals surface area contributed by atoms with Gasteiger partial charge in [0.1, 0.15) is 6.54 Å². The average molecular weight is 339 g/mol. The predicted molar refractivity (Wildman–Crippen MR) is 94.7 cm³/mol. The molecule has 5 nitrogen and oxygen atoms in total. The number of esters is 1. The van der Waals surface area contributed by atoms with Crippen LogP contribution >= 0.6 is 0 Å². The summed E-state index contributed by atoms with van der Waals surface area (Å²) in [6.07, 6.45) is 0.117. The molecule has 0 aliphatic heterocycles.